The highest BCUT2D eigenvalue weighted by atomic mass is 16.5. The standard InChI is InChI=1S/C17H23N3O/c1-2-4-16-15(3-1)18-17(19-16)20-9-5-13(6-10-20)14-7-11-21-12-8-14/h1-4,13-14H,5-12H2,(H,18,19). The van der Waals surface area contributed by atoms with Crippen molar-refractivity contribution in [1.82, 2.24) is 9.97 Å². The number of fused-ring (bicyclic) bond motifs is 1. The number of aromatic nitrogens is 2. The van der Waals surface area contributed by atoms with Crippen LogP contribution in [-0.4, -0.2) is 36.3 Å². The van der Waals surface area contributed by atoms with Crippen molar-refractivity contribution in [3.05, 3.63) is 24.3 Å². The van der Waals surface area contributed by atoms with Gasteiger partial charge in [-0.15, -0.1) is 0 Å². The van der Waals surface area contributed by atoms with Crippen LogP contribution in [-0.2, 0) is 4.74 Å². The summed E-state index contributed by atoms with van der Waals surface area (Å²) in [6.07, 6.45) is 5.11. The summed E-state index contributed by atoms with van der Waals surface area (Å²) in [7, 11) is 0. The van der Waals surface area contributed by atoms with Gasteiger partial charge in [0.15, 0.2) is 0 Å². The van der Waals surface area contributed by atoms with Crippen LogP contribution in [0.1, 0.15) is 25.7 Å². The fourth-order valence-electron chi connectivity index (χ4n) is 3.86. The molecule has 4 nitrogen and oxygen atoms in total. The van der Waals surface area contributed by atoms with E-state index in [2.05, 4.69) is 28.1 Å². The molecule has 4 heteroatoms. The third-order valence-corrected chi connectivity index (χ3v) is 5.15. The summed E-state index contributed by atoms with van der Waals surface area (Å²) in [5.74, 6) is 2.81. The summed E-state index contributed by atoms with van der Waals surface area (Å²) in [5.41, 5.74) is 2.21. The van der Waals surface area contributed by atoms with Crippen LogP contribution < -0.4 is 4.90 Å². The summed E-state index contributed by atoms with van der Waals surface area (Å²) in [6, 6.07) is 8.27. The minimum atomic E-state index is 0.884. The summed E-state index contributed by atoms with van der Waals surface area (Å²) >= 11 is 0. The Kier molecular flexibility index (Phi) is 3.55. The molecule has 112 valence electrons. The first-order valence-corrected chi connectivity index (χ1v) is 8.17. The number of hydrogen-bond donors (Lipinski definition) is 1. The Morgan fingerprint density at radius 2 is 1.71 bits per heavy atom. The number of imidazole rings is 1. The predicted octanol–water partition coefficient (Wildman–Crippen LogP) is 3.21. The maximum Gasteiger partial charge on any atom is 0.203 e. The molecular weight excluding hydrogens is 262 g/mol. The van der Waals surface area contributed by atoms with E-state index >= 15 is 0 Å². The van der Waals surface area contributed by atoms with Gasteiger partial charge in [0.05, 0.1) is 11.0 Å². The Hall–Kier alpha value is -1.55. The molecule has 2 saturated heterocycles. The number of piperidine rings is 1. The Morgan fingerprint density at radius 3 is 2.48 bits per heavy atom. The normalized spacial score (nSPS) is 22.0. The maximum atomic E-state index is 5.49. The molecular formula is C17H23N3O. The SMILES string of the molecule is c1ccc2[nH]c(N3CCC(C4CCOCC4)CC3)nc2c1. The van der Waals surface area contributed by atoms with E-state index in [-0.39, 0.29) is 0 Å². The number of rotatable bonds is 2. The number of hydrogen-bond acceptors (Lipinski definition) is 3. The number of nitrogens with one attached hydrogen (secondary N) is 1. The van der Waals surface area contributed by atoms with Gasteiger partial charge in [0.2, 0.25) is 5.95 Å². The zero-order chi connectivity index (χ0) is 14.1. The van der Waals surface area contributed by atoms with E-state index in [1.165, 1.54) is 25.7 Å². The number of ether oxygens (including phenoxy) is 1. The number of H-pyrrole nitrogens is 1. The molecule has 0 aliphatic carbocycles. The zero-order valence-electron chi connectivity index (χ0n) is 12.4. The van der Waals surface area contributed by atoms with E-state index in [1.807, 2.05) is 6.07 Å². The lowest BCUT2D eigenvalue weighted by Crippen LogP contribution is -2.38. The van der Waals surface area contributed by atoms with Crippen molar-refractivity contribution in [3.63, 3.8) is 0 Å². The fourth-order valence-corrected chi connectivity index (χ4v) is 3.86. The highest BCUT2D eigenvalue weighted by Gasteiger charge is 2.28. The first kappa shape index (κ1) is 13.1. The van der Waals surface area contributed by atoms with E-state index in [0.717, 1.165) is 55.1 Å². The van der Waals surface area contributed by atoms with Crippen molar-refractivity contribution in [2.45, 2.75) is 25.7 Å². The lowest BCUT2D eigenvalue weighted by molar-refractivity contribution is 0.0418. The van der Waals surface area contributed by atoms with Gasteiger partial charge >= 0.3 is 0 Å². The zero-order valence-corrected chi connectivity index (χ0v) is 12.4. The molecule has 0 unspecified atom stereocenters. The van der Waals surface area contributed by atoms with Gasteiger partial charge in [-0.2, -0.15) is 0 Å². The molecule has 0 radical (unpaired) electrons. The van der Waals surface area contributed by atoms with Gasteiger partial charge in [-0.1, -0.05) is 12.1 Å². The Morgan fingerprint density at radius 1 is 1.00 bits per heavy atom. The number of para-hydroxylation sites is 2. The molecule has 3 heterocycles. The molecule has 0 atom stereocenters. The molecule has 2 aromatic rings. The molecule has 0 amide bonds. The van der Waals surface area contributed by atoms with Crippen molar-refractivity contribution >= 4 is 17.0 Å². The van der Waals surface area contributed by atoms with Crippen molar-refractivity contribution in [1.29, 1.82) is 0 Å². The molecule has 1 aromatic heterocycles. The summed E-state index contributed by atoms with van der Waals surface area (Å²) < 4.78 is 5.49. The first-order chi connectivity index (χ1) is 10.4. The molecule has 2 fully saturated rings. The lowest BCUT2D eigenvalue weighted by Gasteiger charge is -2.37. The van der Waals surface area contributed by atoms with Crippen LogP contribution in [0.4, 0.5) is 5.95 Å². The van der Waals surface area contributed by atoms with Gasteiger partial charge in [0.25, 0.3) is 0 Å². The second-order valence-corrected chi connectivity index (χ2v) is 6.35. The average Bonchev–Trinajstić information content (AvgIpc) is 3.00. The van der Waals surface area contributed by atoms with E-state index in [0.29, 0.717) is 0 Å². The van der Waals surface area contributed by atoms with E-state index in [1.54, 1.807) is 0 Å². The van der Waals surface area contributed by atoms with Crippen LogP contribution in [0.5, 0.6) is 0 Å². The van der Waals surface area contributed by atoms with Crippen LogP contribution in [0.2, 0.25) is 0 Å². The van der Waals surface area contributed by atoms with Crippen molar-refractivity contribution in [2.24, 2.45) is 11.8 Å². The van der Waals surface area contributed by atoms with Crippen LogP contribution >= 0.6 is 0 Å². The molecule has 0 saturated carbocycles. The van der Waals surface area contributed by atoms with Crippen molar-refractivity contribution in [2.75, 3.05) is 31.2 Å². The van der Waals surface area contributed by atoms with Crippen LogP contribution in [0, 0.1) is 11.8 Å². The van der Waals surface area contributed by atoms with E-state index < -0.39 is 0 Å². The molecule has 4 rings (SSSR count). The second kappa shape index (κ2) is 5.68. The van der Waals surface area contributed by atoms with Gasteiger partial charge in [-0.05, 0) is 49.7 Å². The summed E-state index contributed by atoms with van der Waals surface area (Å²) in [4.78, 5) is 10.6. The third-order valence-electron chi connectivity index (χ3n) is 5.15. The fraction of sp³-hybridized carbons (Fsp3) is 0.588. The van der Waals surface area contributed by atoms with Gasteiger partial charge in [0.1, 0.15) is 0 Å². The summed E-state index contributed by atoms with van der Waals surface area (Å²) in [6.45, 7) is 4.19. The number of nitrogens with zero attached hydrogens (tertiary/aromatic N) is 2. The molecule has 21 heavy (non-hydrogen) atoms. The number of aromatic amines is 1. The smallest absolute Gasteiger partial charge is 0.203 e. The molecule has 0 bridgehead atoms. The quantitative estimate of drug-likeness (QED) is 0.921. The third kappa shape index (κ3) is 2.64. The van der Waals surface area contributed by atoms with Crippen LogP contribution in [0.25, 0.3) is 11.0 Å². The molecule has 2 aliphatic heterocycles. The summed E-state index contributed by atoms with van der Waals surface area (Å²) in [5, 5.41) is 0. The van der Waals surface area contributed by atoms with Gasteiger partial charge in [-0.25, -0.2) is 4.98 Å². The van der Waals surface area contributed by atoms with Crippen molar-refractivity contribution < 1.29 is 4.74 Å². The highest BCUT2D eigenvalue weighted by molar-refractivity contribution is 5.77. The van der Waals surface area contributed by atoms with E-state index in [9.17, 15) is 0 Å². The first-order valence-electron chi connectivity index (χ1n) is 8.17. The molecule has 1 aromatic carbocycles. The monoisotopic (exact) mass is 285 g/mol. The Bertz CT molecular complexity index is 562. The largest absolute Gasteiger partial charge is 0.381 e. The molecule has 1 N–H and O–H groups in total. The Labute approximate surface area is 125 Å². The maximum absolute atomic E-state index is 5.49. The topological polar surface area (TPSA) is 41.2 Å². The predicted molar refractivity (Wildman–Crippen MR) is 84.6 cm³/mol. The second-order valence-electron chi connectivity index (χ2n) is 6.35. The van der Waals surface area contributed by atoms with Gasteiger partial charge in [0, 0.05) is 26.3 Å². The van der Waals surface area contributed by atoms with Crippen LogP contribution in [0.3, 0.4) is 0 Å². The van der Waals surface area contributed by atoms with E-state index in [4.69, 9.17) is 9.72 Å². The average molecular weight is 285 g/mol. The van der Waals surface area contributed by atoms with Crippen LogP contribution in [0.15, 0.2) is 24.3 Å². The number of benzene rings is 1. The van der Waals surface area contributed by atoms with Crippen molar-refractivity contribution in [3.8, 4) is 0 Å². The molecule has 0 spiro atoms. The number of anilines is 1. The highest BCUT2D eigenvalue weighted by Crippen LogP contribution is 2.33. The van der Waals surface area contributed by atoms with Gasteiger partial charge < -0.3 is 14.6 Å². The minimum Gasteiger partial charge on any atom is -0.381 e. The molecule has 2 aliphatic rings. The Balaban J connectivity index is 1.42. The van der Waals surface area contributed by atoms with Gasteiger partial charge in [-0.3, -0.25) is 0 Å². The lowest BCUT2D eigenvalue weighted by atomic mass is 9.80. The minimum absolute atomic E-state index is 0.884.